The zero-order chi connectivity index (χ0) is 13.2. The molecule has 0 N–H and O–H groups in total. The second-order valence-corrected chi connectivity index (χ2v) is 4.18. The third kappa shape index (κ3) is 2.08. The van der Waals surface area contributed by atoms with E-state index in [2.05, 4.69) is 4.98 Å². The number of aromatic nitrogens is 2. The van der Waals surface area contributed by atoms with Crippen molar-refractivity contribution in [3.63, 3.8) is 0 Å². The van der Waals surface area contributed by atoms with Crippen LogP contribution in [0.5, 0.6) is 11.5 Å². The summed E-state index contributed by atoms with van der Waals surface area (Å²) < 4.78 is 7.13. The first-order valence-electron chi connectivity index (χ1n) is 5.96. The molecule has 0 saturated heterocycles. The lowest BCUT2D eigenvalue weighted by Gasteiger charge is -2.09. The highest BCUT2D eigenvalue weighted by Gasteiger charge is 2.11. The van der Waals surface area contributed by atoms with Crippen molar-refractivity contribution in [3.05, 3.63) is 70.8 Å². The van der Waals surface area contributed by atoms with E-state index in [9.17, 15) is 4.79 Å². The molecule has 0 amide bonds. The number of pyridine rings is 1. The number of ether oxygens (including phenoxy) is 1. The van der Waals surface area contributed by atoms with Gasteiger partial charge in [-0.2, -0.15) is 0 Å². The Kier molecular flexibility index (Phi) is 2.76. The van der Waals surface area contributed by atoms with Crippen molar-refractivity contribution in [2.24, 2.45) is 0 Å². The van der Waals surface area contributed by atoms with Crippen LogP contribution in [0.25, 0.3) is 5.65 Å². The van der Waals surface area contributed by atoms with Crippen LogP contribution in [0.4, 0.5) is 0 Å². The van der Waals surface area contributed by atoms with Crippen LogP contribution in [-0.2, 0) is 0 Å². The van der Waals surface area contributed by atoms with Gasteiger partial charge in [-0.25, -0.2) is 4.98 Å². The minimum Gasteiger partial charge on any atom is -0.450 e. The van der Waals surface area contributed by atoms with Gasteiger partial charge >= 0.3 is 5.56 Å². The minimum atomic E-state index is -0.202. The van der Waals surface area contributed by atoms with Crippen LogP contribution >= 0.6 is 0 Å². The van der Waals surface area contributed by atoms with Crippen LogP contribution in [0.2, 0.25) is 0 Å². The van der Waals surface area contributed by atoms with Crippen LogP contribution in [0, 0.1) is 6.92 Å². The third-order valence-corrected chi connectivity index (χ3v) is 2.83. The summed E-state index contributed by atoms with van der Waals surface area (Å²) in [5, 5.41) is 0. The van der Waals surface area contributed by atoms with E-state index in [0.717, 1.165) is 0 Å². The summed E-state index contributed by atoms with van der Waals surface area (Å²) in [6.07, 6.45) is 1.68. The monoisotopic (exact) mass is 252 g/mol. The van der Waals surface area contributed by atoms with E-state index in [-0.39, 0.29) is 11.3 Å². The number of aryl methyl sites for hydroxylation is 1. The molecule has 0 aliphatic rings. The van der Waals surface area contributed by atoms with Crippen LogP contribution in [0.15, 0.2) is 59.5 Å². The van der Waals surface area contributed by atoms with E-state index in [4.69, 9.17) is 4.74 Å². The zero-order valence-corrected chi connectivity index (χ0v) is 10.4. The quantitative estimate of drug-likeness (QED) is 0.704. The molecule has 0 fully saturated rings. The maximum Gasteiger partial charge on any atom is 0.301 e. The maximum atomic E-state index is 12.4. The van der Waals surface area contributed by atoms with Crippen molar-refractivity contribution in [2.45, 2.75) is 6.92 Å². The molecule has 0 aliphatic heterocycles. The molecule has 4 nitrogen and oxygen atoms in total. The fourth-order valence-electron chi connectivity index (χ4n) is 1.91. The molecule has 19 heavy (non-hydrogen) atoms. The Morgan fingerprint density at radius 1 is 1.05 bits per heavy atom. The third-order valence-electron chi connectivity index (χ3n) is 2.83. The van der Waals surface area contributed by atoms with Gasteiger partial charge in [-0.15, -0.1) is 0 Å². The normalized spacial score (nSPS) is 10.6. The van der Waals surface area contributed by atoms with Crippen molar-refractivity contribution in [1.82, 2.24) is 9.38 Å². The summed E-state index contributed by atoms with van der Waals surface area (Å²) in [6, 6.07) is 14.6. The summed E-state index contributed by atoms with van der Waals surface area (Å²) in [7, 11) is 0. The van der Waals surface area contributed by atoms with Gasteiger partial charge in [0.1, 0.15) is 11.4 Å². The lowest BCUT2D eigenvalue weighted by Crippen LogP contribution is -2.17. The highest BCUT2D eigenvalue weighted by atomic mass is 16.5. The van der Waals surface area contributed by atoms with Gasteiger partial charge < -0.3 is 4.74 Å². The number of hydrogen-bond acceptors (Lipinski definition) is 3. The van der Waals surface area contributed by atoms with Gasteiger partial charge in [-0.3, -0.25) is 9.20 Å². The molecule has 0 saturated carbocycles. The number of nitrogens with zero attached hydrogens (tertiary/aromatic N) is 2. The fraction of sp³-hybridized carbons (Fsp3) is 0.0667. The van der Waals surface area contributed by atoms with Gasteiger partial charge in [0.25, 0.3) is 0 Å². The first-order valence-corrected chi connectivity index (χ1v) is 5.96. The highest BCUT2D eigenvalue weighted by Crippen LogP contribution is 2.20. The van der Waals surface area contributed by atoms with E-state index in [1.54, 1.807) is 37.4 Å². The summed E-state index contributed by atoms with van der Waals surface area (Å²) in [4.78, 5) is 16.7. The average molecular weight is 252 g/mol. The van der Waals surface area contributed by atoms with Gasteiger partial charge in [0, 0.05) is 6.20 Å². The molecular weight excluding hydrogens is 240 g/mol. The van der Waals surface area contributed by atoms with E-state index in [1.165, 1.54) is 4.40 Å². The summed E-state index contributed by atoms with van der Waals surface area (Å²) in [5.41, 5.74) is 0.998. The number of fused-ring (bicyclic) bond motifs is 1. The molecule has 0 spiro atoms. The fourth-order valence-corrected chi connectivity index (χ4v) is 1.91. The molecule has 94 valence electrons. The molecule has 2 aromatic heterocycles. The molecule has 4 heteroatoms. The Labute approximate surface area is 109 Å². The lowest BCUT2D eigenvalue weighted by atomic mass is 10.3. The van der Waals surface area contributed by atoms with Gasteiger partial charge in [0.15, 0.2) is 0 Å². The molecule has 3 aromatic rings. The highest BCUT2D eigenvalue weighted by molar-refractivity contribution is 5.43. The van der Waals surface area contributed by atoms with Crippen molar-refractivity contribution >= 4 is 5.65 Å². The van der Waals surface area contributed by atoms with Crippen LogP contribution < -0.4 is 10.3 Å². The van der Waals surface area contributed by atoms with E-state index in [0.29, 0.717) is 17.1 Å². The molecule has 3 rings (SSSR count). The van der Waals surface area contributed by atoms with Crippen LogP contribution in [-0.4, -0.2) is 9.38 Å². The van der Waals surface area contributed by atoms with Crippen molar-refractivity contribution in [2.75, 3.05) is 0 Å². The van der Waals surface area contributed by atoms with Crippen molar-refractivity contribution in [1.29, 1.82) is 0 Å². The van der Waals surface area contributed by atoms with Gasteiger partial charge in [0.2, 0.25) is 5.75 Å². The lowest BCUT2D eigenvalue weighted by molar-refractivity contribution is 0.466. The smallest absolute Gasteiger partial charge is 0.301 e. The molecule has 2 heterocycles. The molecule has 0 atom stereocenters. The largest absolute Gasteiger partial charge is 0.450 e. The van der Waals surface area contributed by atoms with Gasteiger partial charge in [-0.05, 0) is 31.2 Å². The van der Waals surface area contributed by atoms with E-state index >= 15 is 0 Å². The molecular formula is C15H12N2O2. The Morgan fingerprint density at radius 2 is 1.79 bits per heavy atom. The number of para-hydroxylation sites is 1. The summed E-state index contributed by atoms with van der Waals surface area (Å²) in [6.45, 7) is 1.77. The molecule has 0 aliphatic carbocycles. The Bertz CT molecular complexity index is 779. The zero-order valence-electron chi connectivity index (χ0n) is 10.4. The van der Waals surface area contributed by atoms with E-state index in [1.807, 2.05) is 24.3 Å². The first kappa shape index (κ1) is 11.5. The second-order valence-electron chi connectivity index (χ2n) is 4.18. The van der Waals surface area contributed by atoms with E-state index < -0.39 is 0 Å². The Balaban J connectivity index is 2.16. The maximum absolute atomic E-state index is 12.4. The van der Waals surface area contributed by atoms with Crippen molar-refractivity contribution < 1.29 is 4.74 Å². The summed E-state index contributed by atoms with van der Waals surface area (Å²) in [5.74, 6) is 0.885. The van der Waals surface area contributed by atoms with Crippen LogP contribution in [0.1, 0.15) is 5.69 Å². The predicted molar refractivity (Wildman–Crippen MR) is 72.7 cm³/mol. The topological polar surface area (TPSA) is 43.6 Å². The first-order chi connectivity index (χ1) is 9.25. The van der Waals surface area contributed by atoms with Crippen LogP contribution in [0.3, 0.4) is 0 Å². The molecule has 0 bridgehead atoms. The summed E-state index contributed by atoms with van der Waals surface area (Å²) >= 11 is 0. The second kappa shape index (κ2) is 4.57. The van der Waals surface area contributed by atoms with Gasteiger partial charge in [0.05, 0.1) is 5.69 Å². The number of benzene rings is 1. The number of hydrogen-bond donors (Lipinski definition) is 0. The standard InChI is InChI=1S/C15H12N2O2/c1-11-14(19-12-7-3-2-4-8-12)15(18)17-10-6-5-9-13(17)16-11/h2-10H,1H3. The number of rotatable bonds is 2. The average Bonchev–Trinajstić information content (AvgIpc) is 2.45. The minimum absolute atomic E-state index is 0.202. The molecule has 0 unspecified atom stereocenters. The predicted octanol–water partition coefficient (Wildman–Crippen LogP) is 2.80. The molecule has 1 aromatic carbocycles. The molecule has 0 radical (unpaired) electrons. The van der Waals surface area contributed by atoms with Crippen molar-refractivity contribution in [3.8, 4) is 11.5 Å². The Hall–Kier alpha value is -2.62. The SMILES string of the molecule is Cc1nc2ccccn2c(=O)c1Oc1ccccc1. The van der Waals surface area contributed by atoms with Gasteiger partial charge in [-0.1, -0.05) is 24.3 Å². The Morgan fingerprint density at radius 3 is 2.58 bits per heavy atom.